The Balaban J connectivity index is 1.56. The number of carbonyl (C=O) groups is 1. The fraction of sp³-hybridized carbons (Fsp3) is 0.632. The first-order chi connectivity index (χ1) is 12.1. The molecule has 0 bridgehead atoms. The molecule has 1 amide bonds. The van der Waals surface area contributed by atoms with Crippen molar-refractivity contribution in [3.8, 4) is 11.5 Å². The van der Waals surface area contributed by atoms with Gasteiger partial charge in [0.1, 0.15) is 11.5 Å². The molecule has 0 spiro atoms. The number of rotatable bonds is 5. The number of hydrogen-bond acceptors (Lipinski definition) is 5. The molecule has 1 aromatic rings. The number of aliphatic hydroxyl groups excluding tert-OH is 1. The molecule has 2 aliphatic rings. The molecule has 6 nitrogen and oxygen atoms in total. The first-order valence-corrected chi connectivity index (χ1v) is 9.03. The van der Waals surface area contributed by atoms with Crippen molar-refractivity contribution in [2.24, 2.45) is 0 Å². The Bertz CT molecular complexity index is 599. The molecule has 1 aromatic carbocycles. The van der Waals surface area contributed by atoms with Gasteiger partial charge in [-0.3, -0.25) is 9.69 Å². The Morgan fingerprint density at radius 1 is 1.16 bits per heavy atom. The van der Waals surface area contributed by atoms with Crippen LogP contribution in [0.3, 0.4) is 0 Å². The number of methoxy groups -OCH3 is 2. The van der Waals surface area contributed by atoms with Crippen LogP contribution in [0.15, 0.2) is 18.2 Å². The highest BCUT2D eigenvalue weighted by Gasteiger charge is 2.33. The summed E-state index contributed by atoms with van der Waals surface area (Å²) in [7, 11) is 3.22. The zero-order valence-electron chi connectivity index (χ0n) is 15.1. The summed E-state index contributed by atoms with van der Waals surface area (Å²) in [6, 6.07) is 5.83. The third-order valence-electron chi connectivity index (χ3n) is 5.42. The highest BCUT2D eigenvalue weighted by Crippen LogP contribution is 2.27. The van der Waals surface area contributed by atoms with Gasteiger partial charge in [-0.25, -0.2) is 0 Å². The second-order valence-electron chi connectivity index (χ2n) is 6.84. The number of hydrogen-bond donors (Lipinski definition) is 1. The van der Waals surface area contributed by atoms with Crippen LogP contribution in [0.25, 0.3) is 0 Å². The van der Waals surface area contributed by atoms with Crippen LogP contribution < -0.4 is 9.47 Å². The fourth-order valence-corrected chi connectivity index (χ4v) is 3.92. The van der Waals surface area contributed by atoms with E-state index in [0.717, 1.165) is 56.8 Å². The maximum absolute atomic E-state index is 12.7. The molecule has 0 radical (unpaired) electrons. The normalized spacial score (nSPS) is 24.4. The summed E-state index contributed by atoms with van der Waals surface area (Å²) in [5.41, 5.74) is 0.877. The van der Waals surface area contributed by atoms with E-state index in [2.05, 4.69) is 4.90 Å². The highest BCUT2D eigenvalue weighted by molar-refractivity contribution is 5.79. The molecule has 1 N–H and O–H groups in total. The third-order valence-corrected chi connectivity index (χ3v) is 5.42. The van der Waals surface area contributed by atoms with Crippen LogP contribution >= 0.6 is 0 Å². The minimum atomic E-state index is -0.203. The standard InChI is InChI=1S/C19H28N2O4/c1-24-15-7-6-14(18(13-15)25-2)12-19(23)21-10-8-20(9-11-21)16-4-3-5-17(16)22/h6-7,13,16-17,22H,3-5,8-12H2,1-2H3/t16-,17-/m0/s1. The smallest absolute Gasteiger partial charge is 0.227 e. The Hall–Kier alpha value is -1.79. The fourth-order valence-electron chi connectivity index (χ4n) is 3.92. The van der Waals surface area contributed by atoms with Gasteiger partial charge >= 0.3 is 0 Å². The predicted molar refractivity (Wildman–Crippen MR) is 95.0 cm³/mol. The van der Waals surface area contributed by atoms with E-state index in [1.807, 2.05) is 23.1 Å². The Morgan fingerprint density at radius 2 is 1.92 bits per heavy atom. The van der Waals surface area contributed by atoms with Crippen LogP contribution in [0.4, 0.5) is 0 Å². The van der Waals surface area contributed by atoms with E-state index < -0.39 is 0 Å². The summed E-state index contributed by atoms with van der Waals surface area (Å²) in [5, 5.41) is 10.1. The maximum Gasteiger partial charge on any atom is 0.227 e. The Kier molecular flexibility index (Phi) is 5.81. The van der Waals surface area contributed by atoms with Crippen molar-refractivity contribution in [3.63, 3.8) is 0 Å². The van der Waals surface area contributed by atoms with E-state index in [4.69, 9.17) is 9.47 Å². The molecule has 1 aliphatic heterocycles. The summed E-state index contributed by atoms with van der Waals surface area (Å²) in [6.07, 6.45) is 3.20. The summed E-state index contributed by atoms with van der Waals surface area (Å²) >= 11 is 0. The number of aliphatic hydroxyl groups is 1. The molecule has 0 unspecified atom stereocenters. The van der Waals surface area contributed by atoms with E-state index in [1.165, 1.54) is 0 Å². The number of carbonyl (C=O) groups excluding carboxylic acids is 1. The van der Waals surface area contributed by atoms with E-state index in [1.54, 1.807) is 14.2 Å². The van der Waals surface area contributed by atoms with Gasteiger partial charge in [0.2, 0.25) is 5.91 Å². The third kappa shape index (κ3) is 4.07. The van der Waals surface area contributed by atoms with Crippen molar-refractivity contribution in [1.29, 1.82) is 0 Å². The zero-order chi connectivity index (χ0) is 17.8. The van der Waals surface area contributed by atoms with Gasteiger partial charge in [0.25, 0.3) is 0 Å². The maximum atomic E-state index is 12.7. The molecule has 1 heterocycles. The molecule has 138 valence electrons. The molecule has 3 rings (SSSR count). The minimum Gasteiger partial charge on any atom is -0.497 e. The first kappa shape index (κ1) is 18.0. The number of amides is 1. The molecule has 0 aromatic heterocycles. The van der Waals surface area contributed by atoms with Crippen LogP contribution in [0.1, 0.15) is 24.8 Å². The SMILES string of the molecule is COc1ccc(CC(=O)N2CCN([C@H]3CCC[C@@H]3O)CC2)c(OC)c1. The van der Waals surface area contributed by atoms with E-state index in [9.17, 15) is 9.90 Å². The molecule has 1 saturated carbocycles. The number of nitrogens with zero attached hydrogens (tertiary/aromatic N) is 2. The van der Waals surface area contributed by atoms with Gasteiger partial charge in [-0.05, 0) is 25.3 Å². The average Bonchev–Trinajstić information content (AvgIpc) is 3.08. The van der Waals surface area contributed by atoms with Crippen LogP contribution in [-0.2, 0) is 11.2 Å². The second-order valence-corrected chi connectivity index (χ2v) is 6.84. The summed E-state index contributed by atoms with van der Waals surface area (Å²) in [5.74, 6) is 1.52. The van der Waals surface area contributed by atoms with Crippen LogP contribution in [0, 0.1) is 0 Å². The lowest BCUT2D eigenvalue weighted by Crippen LogP contribution is -2.53. The molecular weight excluding hydrogens is 320 g/mol. The second kappa shape index (κ2) is 8.06. The lowest BCUT2D eigenvalue weighted by molar-refractivity contribution is -0.132. The molecule has 2 fully saturated rings. The lowest BCUT2D eigenvalue weighted by atomic mass is 10.1. The van der Waals surface area contributed by atoms with Gasteiger partial charge in [0.05, 0.1) is 26.7 Å². The van der Waals surface area contributed by atoms with Crippen molar-refractivity contribution < 1.29 is 19.4 Å². The van der Waals surface area contributed by atoms with Gasteiger partial charge in [0, 0.05) is 43.9 Å². The summed E-state index contributed by atoms with van der Waals surface area (Å²) < 4.78 is 10.6. The Morgan fingerprint density at radius 3 is 2.52 bits per heavy atom. The predicted octanol–water partition coefficient (Wildman–Crippen LogP) is 1.30. The first-order valence-electron chi connectivity index (χ1n) is 9.03. The molecular formula is C19H28N2O4. The summed E-state index contributed by atoms with van der Waals surface area (Å²) in [6.45, 7) is 3.13. The number of ether oxygens (including phenoxy) is 2. The number of benzene rings is 1. The van der Waals surface area contributed by atoms with E-state index >= 15 is 0 Å². The van der Waals surface area contributed by atoms with Crippen molar-refractivity contribution in [2.45, 2.75) is 37.8 Å². The molecule has 2 atom stereocenters. The largest absolute Gasteiger partial charge is 0.497 e. The molecule has 6 heteroatoms. The molecule has 1 saturated heterocycles. The molecule has 25 heavy (non-hydrogen) atoms. The topological polar surface area (TPSA) is 62.2 Å². The van der Waals surface area contributed by atoms with Gasteiger partial charge in [-0.1, -0.05) is 6.07 Å². The van der Waals surface area contributed by atoms with Gasteiger partial charge in [-0.15, -0.1) is 0 Å². The molecule has 1 aliphatic carbocycles. The lowest BCUT2D eigenvalue weighted by Gasteiger charge is -2.39. The monoisotopic (exact) mass is 348 g/mol. The van der Waals surface area contributed by atoms with Crippen molar-refractivity contribution in [2.75, 3.05) is 40.4 Å². The summed E-state index contributed by atoms with van der Waals surface area (Å²) in [4.78, 5) is 16.9. The zero-order valence-corrected chi connectivity index (χ0v) is 15.1. The highest BCUT2D eigenvalue weighted by atomic mass is 16.5. The van der Waals surface area contributed by atoms with Crippen LogP contribution in [0.5, 0.6) is 11.5 Å². The van der Waals surface area contributed by atoms with Gasteiger partial charge in [0.15, 0.2) is 0 Å². The van der Waals surface area contributed by atoms with E-state index in [-0.39, 0.29) is 18.1 Å². The van der Waals surface area contributed by atoms with Crippen molar-refractivity contribution >= 4 is 5.91 Å². The van der Waals surface area contributed by atoms with Crippen molar-refractivity contribution in [1.82, 2.24) is 9.80 Å². The van der Waals surface area contributed by atoms with Crippen LogP contribution in [0.2, 0.25) is 0 Å². The van der Waals surface area contributed by atoms with Gasteiger partial charge in [-0.2, -0.15) is 0 Å². The average molecular weight is 348 g/mol. The van der Waals surface area contributed by atoms with Crippen molar-refractivity contribution in [3.05, 3.63) is 23.8 Å². The van der Waals surface area contributed by atoms with Gasteiger partial charge < -0.3 is 19.5 Å². The van der Waals surface area contributed by atoms with E-state index in [0.29, 0.717) is 12.2 Å². The quantitative estimate of drug-likeness (QED) is 0.869. The minimum absolute atomic E-state index is 0.120. The number of piperazine rings is 1. The Labute approximate surface area is 149 Å². The van der Waals surface area contributed by atoms with Crippen LogP contribution in [-0.4, -0.2) is 73.4 Å².